The van der Waals surface area contributed by atoms with Gasteiger partial charge < -0.3 is 0 Å². The lowest BCUT2D eigenvalue weighted by atomic mass is 10.0. The molecule has 2 aromatic heterocycles. The standard InChI is InChI=1S/C22H16ClN3S2/c23-17-10-8-16(9-11-17)18-13-20(21-7-4-12-27-21)26(25-18)22-24-19(14-28-22)15-5-2-1-3-6-15/h1-12,14,20H,13H2. The summed E-state index contributed by atoms with van der Waals surface area (Å²) in [4.78, 5) is 6.18. The molecule has 6 heteroatoms. The van der Waals surface area contributed by atoms with E-state index in [9.17, 15) is 0 Å². The normalized spacial score (nSPS) is 16.4. The van der Waals surface area contributed by atoms with Gasteiger partial charge in [0.1, 0.15) is 0 Å². The van der Waals surface area contributed by atoms with Crippen molar-refractivity contribution >= 4 is 45.1 Å². The third kappa shape index (κ3) is 3.37. The maximum Gasteiger partial charge on any atom is 0.207 e. The molecule has 1 aliphatic rings. The van der Waals surface area contributed by atoms with Crippen LogP contribution in [0.3, 0.4) is 0 Å². The third-order valence-electron chi connectivity index (χ3n) is 4.72. The Morgan fingerprint density at radius 2 is 1.71 bits per heavy atom. The van der Waals surface area contributed by atoms with Gasteiger partial charge in [-0.25, -0.2) is 9.99 Å². The predicted molar refractivity (Wildman–Crippen MR) is 120 cm³/mol. The number of thiazole rings is 1. The molecule has 0 fully saturated rings. The summed E-state index contributed by atoms with van der Waals surface area (Å²) in [7, 11) is 0. The highest BCUT2D eigenvalue weighted by Gasteiger charge is 2.32. The Kier molecular flexibility index (Phi) is 4.72. The zero-order valence-electron chi connectivity index (χ0n) is 14.8. The van der Waals surface area contributed by atoms with Gasteiger partial charge in [-0.15, -0.1) is 22.7 Å². The van der Waals surface area contributed by atoms with Crippen LogP contribution >= 0.6 is 34.3 Å². The molecule has 3 nitrogen and oxygen atoms in total. The van der Waals surface area contributed by atoms with E-state index in [0.29, 0.717) is 0 Å². The molecule has 2 aromatic carbocycles. The first kappa shape index (κ1) is 17.6. The Labute approximate surface area is 176 Å². The minimum Gasteiger partial charge on any atom is -0.230 e. The van der Waals surface area contributed by atoms with Crippen LogP contribution in [0, 0.1) is 0 Å². The molecule has 0 amide bonds. The average molecular weight is 422 g/mol. The number of thiophene rings is 1. The van der Waals surface area contributed by atoms with E-state index in [-0.39, 0.29) is 6.04 Å². The summed E-state index contributed by atoms with van der Waals surface area (Å²) >= 11 is 9.45. The summed E-state index contributed by atoms with van der Waals surface area (Å²) < 4.78 is 0. The molecule has 4 aromatic rings. The van der Waals surface area contributed by atoms with E-state index < -0.39 is 0 Å². The van der Waals surface area contributed by atoms with Gasteiger partial charge in [-0.1, -0.05) is 60.1 Å². The monoisotopic (exact) mass is 421 g/mol. The van der Waals surface area contributed by atoms with E-state index in [0.717, 1.165) is 39.1 Å². The highest BCUT2D eigenvalue weighted by molar-refractivity contribution is 7.14. The number of halogens is 1. The van der Waals surface area contributed by atoms with E-state index in [1.54, 1.807) is 22.7 Å². The lowest BCUT2D eigenvalue weighted by molar-refractivity contribution is 0.719. The fourth-order valence-electron chi connectivity index (χ4n) is 3.32. The number of aromatic nitrogens is 1. The minimum absolute atomic E-state index is 0.167. The van der Waals surface area contributed by atoms with Crippen LogP contribution in [0.4, 0.5) is 5.13 Å². The van der Waals surface area contributed by atoms with Crippen molar-refractivity contribution in [2.45, 2.75) is 12.5 Å². The van der Waals surface area contributed by atoms with Crippen LogP contribution in [0.5, 0.6) is 0 Å². The molecule has 1 unspecified atom stereocenters. The number of hydrogen-bond acceptors (Lipinski definition) is 5. The number of anilines is 1. The second-order valence-corrected chi connectivity index (χ2v) is 8.77. The van der Waals surface area contributed by atoms with Gasteiger partial charge in [-0.2, -0.15) is 5.10 Å². The molecule has 0 saturated carbocycles. The van der Waals surface area contributed by atoms with Gasteiger partial charge in [0.2, 0.25) is 5.13 Å². The van der Waals surface area contributed by atoms with Crippen molar-refractivity contribution in [1.82, 2.24) is 4.98 Å². The Hall–Kier alpha value is -2.47. The molecular formula is C22H16ClN3S2. The van der Waals surface area contributed by atoms with Gasteiger partial charge >= 0.3 is 0 Å². The molecule has 1 atom stereocenters. The summed E-state index contributed by atoms with van der Waals surface area (Å²) in [6, 6.07) is 22.6. The maximum absolute atomic E-state index is 6.06. The van der Waals surface area contributed by atoms with Crippen molar-refractivity contribution in [2.75, 3.05) is 5.01 Å². The van der Waals surface area contributed by atoms with Gasteiger partial charge in [0.25, 0.3) is 0 Å². The maximum atomic E-state index is 6.06. The molecular weight excluding hydrogens is 406 g/mol. The summed E-state index contributed by atoms with van der Waals surface area (Å²) in [5.74, 6) is 0. The molecule has 1 aliphatic heterocycles. The van der Waals surface area contributed by atoms with Gasteiger partial charge in [0.15, 0.2) is 0 Å². The molecule has 0 radical (unpaired) electrons. The molecule has 0 N–H and O–H groups in total. The largest absolute Gasteiger partial charge is 0.230 e. The zero-order valence-corrected chi connectivity index (χ0v) is 17.2. The first-order valence-corrected chi connectivity index (χ1v) is 11.1. The Morgan fingerprint density at radius 1 is 0.893 bits per heavy atom. The lowest BCUT2D eigenvalue weighted by Crippen LogP contribution is -2.17. The van der Waals surface area contributed by atoms with Crippen molar-refractivity contribution in [1.29, 1.82) is 0 Å². The lowest BCUT2D eigenvalue weighted by Gasteiger charge is -2.19. The van der Waals surface area contributed by atoms with Gasteiger partial charge in [-0.05, 0) is 29.1 Å². The van der Waals surface area contributed by atoms with E-state index in [1.807, 2.05) is 42.5 Å². The van der Waals surface area contributed by atoms with Crippen molar-refractivity contribution in [3.63, 3.8) is 0 Å². The van der Waals surface area contributed by atoms with Crippen LogP contribution in [-0.2, 0) is 0 Å². The molecule has 138 valence electrons. The smallest absolute Gasteiger partial charge is 0.207 e. The van der Waals surface area contributed by atoms with Crippen molar-refractivity contribution in [3.8, 4) is 11.3 Å². The average Bonchev–Trinajstić information content (AvgIpc) is 3.48. The molecule has 0 saturated heterocycles. The SMILES string of the molecule is Clc1ccc(C2=NN(c3nc(-c4ccccc4)cs3)C(c3cccs3)C2)cc1. The number of rotatable bonds is 4. The molecule has 28 heavy (non-hydrogen) atoms. The molecule has 0 spiro atoms. The fourth-order valence-corrected chi connectivity index (χ4v) is 5.09. The van der Waals surface area contributed by atoms with Crippen LogP contribution in [0.2, 0.25) is 5.02 Å². The second kappa shape index (κ2) is 7.51. The first-order chi connectivity index (χ1) is 13.8. The summed E-state index contributed by atoms with van der Waals surface area (Å²) in [6.45, 7) is 0. The van der Waals surface area contributed by atoms with Crippen LogP contribution in [0.15, 0.2) is 82.6 Å². The van der Waals surface area contributed by atoms with Crippen LogP contribution in [0.1, 0.15) is 22.9 Å². The highest BCUT2D eigenvalue weighted by Crippen LogP contribution is 2.40. The summed E-state index contributed by atoms with van der Waals surface area (Å²) in [5, 5.41) is 12.9. The molecule has 5 rings (SSSR count). The summed E-state index contributed by atoms with van der Waals surface area (Å²) in [5.41, 5.74) is 4.28. The van der Waals surface area contributed by atoms with Crippen LogP contribution < -0.4 is 5.01 Å². The van der Waals surface area contributed by atoms with Gasteiger partial charge in [0.05, 0.1) is 17.4 Å². The zero-order chi connectivity index (χ0) is 18.9. The number of hydrogen-bond donors (Lipinski definition) is 0. The van der Waals surface area contributed by atoms with E-state index in [4.69, 9.17) is 21.7 Å². The van der Waals surface area contributed by atoms with Crippen LogP contribution in [-0.4, -0.2) is 10.7 Å². The third-order valence-corrected chi connectivity index (χ3v) is 6.77. The highest BCUT2D eigenvalue weighted by atomic mass is 35.5. The number of hydrazone groups is 1. The Morgan fingerprint density at radius 3 is 2.46 bits per heavy atom. The molecule has 3 heterocycles. The van der Waals surface area contributed by atoms with Gasteiger partial charge in [0, 0.05) is 27.3 Å². The van der Waals surface area contributed by atoms with Crippen LogP contribution in [0.25, 0.3) is 11.3 Å². The first-order valence-electron chi connectivity index (χ1n) is 8.95. The molecule has 0 bridgehead atoms. The Bertz CT molecular complexity index is 1100. The van der Waals surface area contributed by atoms with E-state index >= 15 is 0 Å². The van der Waals surface area contributed by atoms with Crippen molar-refractivity contribution < 1.29 is 0 Å². The number of benzene rings is 2. The van der Waals surface area contributed by atoms with E-state index in [2.05, 4.69) is 40.0 Å². The van der Waals surface area contributed by atoms with Crippen molar-refractivity contribution in [2.24, 2.45) is 5.10 Å². The predicted octanol–water partition coefficient (Wildman–Crippen LogP) is 6.88. The second-order valence-electron chi connectivity index (χ2n) is 6.51. The molecule has 0 aliphatic carbocycles. The quantitative estimate of drug-likeness (QED) is 0.359. The topological polar surface area (TPSA) is 28.5 Å². The fraction of sp³-hybridized carbons (Fsp3) is 0.0909. The van der Waals surface area contributed by atoms with Gasteiger partial charge in [-0.3, -0.25) is 0 Å². The number of nitrogens with zero attached hydrogens (tertiary/aromatic N) is 3. The Balaban J connectivity index is 1.52. The van der Waals surface area contributed by atoms with E-state index in [1.165, 1.54) is 4.88 Å². The summed E-state index contributed by atoms with van der Waals surface area (Å²) in [6.07, 6.45) is 0.850. The van der Waals surface area contributed by atoms with Crippen molar-refractivity contribution in [3.05, 3.63) is 93.0 Å². The minimum atomic E-state index is 0.167.